The van der Waals surface area contributed by atoms with Crippen LogP contribution in [0.15, 0.2) is 0 Å². The van der Waals surface area contributed by atoms with E-state index in [0.29, 0.717) is 0 Å². The Morgan fingerprint density at radius 3 is 1.10 bits per heavy atom. The topological polar surface area (TPSA) is 0 Å². The van der Waals surface area contributed by atoms with Crippen molar-refractivity contribution in [1.29, 1.82) is 0 Å². The third-order valence-electron chi connectivity index (χ3n) is 0.816. The molecule has 0 saturated carbocycles. The van der Waals surface area contributed by atoms with Crippen LogP contribution < -0.4 is 0 Å². The van der Waals surface area contributed by atoms with Crippen molar-refractivity contribution >= 4 is 0 Å². The maximum atomic E-state index is 9.44. The minimum atomic E-state index is 0.778. The average molecular weight is 330 g/mol. The van der Waals surface area contributed by atoms with E-state index >= 15 is 0 Å². The molecule has 0 aromatic rings. The van der Waals surface area contributed by atoms with Crippen LogP contribution in [0.5, 0.6) is 0 Å². The second-order valence-electron chi connectivity index (χ2n) is 1.63. The Bertz CT molecular complexity index is 17.2. The minimum absolute atomic E-state index is 0.778. The fourth-order valence-electron chi connectivity index (χ4n) is 0. The van der Waals surface area contributed by atoms with Crippen LogP contribution in [0.1, 0.15) is 40.5 Å². The molecule has 0 aromatic carbocycles. The van der Waals surface area contributed by atoms with Gasteiger partial charge >= 0.3 is 24.6 Å². The van der Waals surface area contributed by atoms with Gasteiger partial charge in [-0.2, -0.15) is 26.7 Å². The van der Waals surface area contributed by atoms with Crippen molar-refractivity contribution in [3.8, 4) is 0 Å². The molecule has 0 aliphatic heterocycles. The Balaban J connectivity index is -0.0000000787. The van der Waals surface area contributed by atoms with Crippen LogP contribution in [0, 0.1) is 12.8 Å². The van der Waals surface area contributed by atoms with Crippen molar-refractivity contribution in [3.63, 3.8) is 0 Å². The zero-order chi connectivity index (χ0) is 8.83. The second-order valence-corrected chi connectivity index (χ2v) is 1.63. The van der Waals surface area contributed by atoms with Crippen molar-refractivity contribution < 1.29 is 24.6 Å². The van der Waals surface area contributed by atoms with Crippen LogP contribution in [-0.2, 0) is 21.6 Å². The summed E-state index contributed by atoms with van der Waals surface area (Å²) in [6.45, 7) is 8.36. The zero-order valence-electron chi connectivity index (χ0n) is 7.25. The van der Waals surface area contributed by atoms with Gasteiger partial charge in [-0.15, -0.1) is 0 Å². The number of halogens is 1. The van der Waals surface area contributed by atoms with Crippen molar-refractivity contribution in [3.05, 3.63) is 12.8 Å². The van der Waals surface area contributed by atoms with Gasteiger partial charge in [0, 0.05) is 0 Å². The van der Waals surface area contributed by atoms with E-state index in [4.69, 9.17) is 0 Å². The van der Waals surface area contributed by atoms with Crippen LogP contribution in [0.25, 0.3) is 0 Å². The molecule has 0 atom stereocenters. The summed E-state index contributed by atoms with van der Waals surface area (Å²) in [4.78, 5) is 0. The molecule has 0 aromatic heterocycles. The van der Waals surface area contributed by atoms with Gasteiger partial charge in [-0.1, -0.05) is 13.8 Å². The Hall–Kier alpha value is 0.670. The summed E-state index contributed by atoms with van der Waals surface area (Å²) in [5.41, 5.74) is 0. The molecular formula is C8H18AuF-2. The molecule has 0 N–H and O–H groups in total. The second kappa shape index (κ2) is 33.3. The van der Waals surface area contributed by atoms with Gasteiger partial charge in [0.25, 0.3) is 0 Å². The first-order valence-corrected chi connectivity index (χ1v) is 4.32. The Kier molecular flexibility index (Phi) is 56.5. The summed E-state index contributed by atoms with van der Waals surface area (Å²) in [5.74, 6) is 0. The van der Waals surface area contributed by atoms with Gasteiger partial charge in [-0.25, -0.2) is 0 Å². The summed E-state index contributed by atoms with van der Waals surface area (Å²) >= 11 is 0.778. The number of unbranched alkanes of at least 4 members (excludes halogenated alkanes) is 2. The number of rotatable bonds is 2. The fraction of sp³-hybridized carbons (Fsp3) is 0.750. The molecule has 0 spiro atoms. The monoisotopic (exact) mass is 330 g/mol. The van der Waals surface area contributed by atoms with E-state index < -0.39 is 0 Å². The van der Waals surface area contributed by atoms with E-state index in [1.165, 1.54) is 12.8 Å². The fourth-order valence-corrected chi connectivity index (χ4v) is 0. The predicted molar refractivity (Wildman–Crippen MR) is 41.6 cm³/mol. The molecule has 0 heterocycles. The first-order valence-electron chi connectivity index (χ1n) is 3.50. The third kappa shape index (κ3) is 71.5. The molecule has 10 heavy (non-hydrogen) atoms. The van der Waals surface area contributed by atoms with Crippen LogP contribution in [-0.4, -0.2) is 0 Å². The van der Waals surface area contributed by atoms with Gasteiger partial charge in [-0.3, -0.25) is 0 Å². The summed E-state index contributed by atoms with van der Waals surface area (Å²) in [5, 5.41) is 0. The van der Waals surface area contributed by atoms with Gasteiger partial charge in [0.2, 0.25) is 0 Å². The van der Waals surface area contributed by atoms with Crippen LogP contribution in [0.4, 0.5) is 3.02 Å². The molecular weight excluding hydrogens is 312 g/mol. The van der Waals surface area contributed by atoms with Gasteiger partial charge in [0.1, 0.15) is 0 Å². The molecule has 2 heteroatoms. The normalized spacial score (nSPS) is 6.70. The molecule has 70 valence electrons. The van der Waals surface area contributed by atoms with E-state index in [9.17, 15) is 3.02 Å². The van der Waals surface area contributed by atoms with Gasteiger partial charge in [0.05, 0.1) is 0 Å². The van der Waals surface area contributed by atoms with Gasteiger partial charge < -0.3 is 12.8 Å². The summed E-state index contributed by atoms with van der Waals surface area (Å²) < 4.78 is 9.44. The Morgan fingerprint density at radius 2 is 1.10 bits per heavy atom. The van der Waals surface area contributed by atoms with E-state index in [1.807, 2.05) is 0 Å². The molecule has 0 bridgehead atoms. The zero-order valence-corrected chi connectivity index (χ0v) is 9.41. The maximum absolute atomic E-state index is 9.44. The molecule has 0 aliphatic rings. The van der Waals surface area contributed by atoms with Crippen LogP contribution in [0.2, 0.25) is 0 Å². The quantitative estimate of drug-likeness (QED) is 0.535. The summed E-state index contributed by atoms with van der Waals surface area (Å²) in [6, 6.07) is 0. The van der Waals surface area contributed by atoms with Crippen molar-refractivity contribution in [2.75, 3.05) is 0 Å². The average Bonchev–Trinajstić information content (AvgIpc) is 2.08. The predicted octanol–water partition coefficient (Wildman–Crippen LogP) is 3.66. The van der Waals surface area contributed by atoms with Gasteiger partial charge in [0.15, 0.2) is 0 Å². The van der Waals surface area contributed by atoms with Gasteiger partial charge in [-0.05, 0) is 0 Å². The van der Waals surface area contributed by atoms with E-state index in [2.05, 4.69) is 40.5 Å². The molecule has 0 fully saturated rings. The van der Waals surface area contributed by atoms with E-state index in [-0.39, 0.29) is 0 Å². The first kappa shape index (κ1) is 17.0. The Morgan fingerprint density at radius 1 is 1.00 bits per heavy atom. The summed E-state index contributed by atoms with van der Waals surface area (Å²) in [6.07, 6.45) is 6.64. The standard InChI is InChI=1S/2C4H9.Au.FH/c2*1-3-4-2;;/h2*3H,4H2,1-2H3;;1H/q2*-1;+1;/p-1. The number of hydrogen-bond donors (Lipinski definition) is 0. The molecule has 0 nitrogen and oxygen atoms in total. The van der Waals surface area contributed by atoms with Crippen LogP contribution >= 0.6 is 0 Å². The molecule has 0 saturated heterocycles. The molecule has 0 unspecified atom stereocenters. The van der Waals surface area contributed by atoms with Crippen LogP contribution in [0.3, 0.4) is 0 Å². The molecule has 0 rings (SSSR count). The van der Waals surface area contributed by atoms with E-state index in [0.717, 1.165) is 21.6 Å². The Labute approximate surface area is 78.2 Å². The SMILES string of the molecule is C[CH-]CC.C[CH-]CC.[F][Au]. The summed E-state index contributed by atoms with van der Waals surface area (Å²) in [7, 11) is 0. The number of hydrogen-bond acceptors (Lipinski definition) is 0. The van der Waals surface area contributed by atoms with E-state index in [1.54, 1.807) is 0 Å². The third-order valence-corrected chi connectivity index (χ3v) is 0.816. The molecule has 0 aliphatic carbocycles. The van der Waals surface area contributed by atoms with Crippen molar-refractivity contribution in [2.24, 2.45) is 0 Å². The molecule has 0 radical (unpaired) electrons. The first-order chi connectivity index (χ1) is 4.83. The van der Waals surface area contributed by atoms with Crippen molar-refractivity contribution in [2.45, 2.75) is 40.5 Å². The van der Waals surface area contributed by atoms with Crippen molar-refractivity contribution in [1.82, 2.24) is 0 Å². The molecule has 0 amide bonds.